The lowest BCUT2D eigenvalue weighted by Gasteiger charge is -2.33. The van der Waals surface area contributed by atoms with Crippen LogP contribution in [0.3, 0.4) is 0 Å². The van der Waals surface area contributed by atoms with Crippen LogP contribution in [-0.2, 0) is 0 Å². The number of aromatic nitrogens is 4. The van der Waals surface area contributed by atoms with Gasteiger partial charge in [0.15, 0.2) is 17.3 Å². The maximum atomic E-state index is 14.9. The van der Waals surface area contributed by atoms with Gasteiger partial charge in [0.25, 0.3) is 5.56 Å². The number of likely N-dealkylation sites (N-methyl/N-ethyl adjacent to an activating group) is 1. The van der Waals surface area contributed by atoms with Gasteiger partial charge in [-0.3, -0.25) is 9.59 Å². The van der Waals surface area contributed by atoms with E-state index in [-0.39, 0.29) is 22.6 Å². The number of hydrogen-bond acceptors (Lipinski definition) is 6. The van der Waals surface area contributed by atoms with Crippen molar-refractivity contribution >= 4 is 27.9 Å². The number of hydrogen-bond donors (Lipinski definition) is 1. The second kappa shape index (κ2) is 5.85. The maximum absolute atomic E-state index is 14.9. The first-order chi connectivity index (χ1) is 13.0. The van der Waals surface area contributed by atoms with Gasteiger partial charge in [-0.05, 0) is 26.0 Å². The lowest BCUT2D eigenvalue weighted by molar-refractivity contribution is 0.311. The SMILES string of the molecule is CN1CCN(c2nc3c(cc2F)c(=O)c2c(=O)[nH]cnc2n3C2CC2)CC1. The van der Waals surface area contributed by atoms with E-state index < -0.39 is 16.8 Å². The lowest BCUT2D eigenvalue weighted by Crippen LogP contribution is -2.45. The van der Waals surface area contributed by atoms with Crippen molar-refractivity contribution in [2.24, 2.45) is 0 Å². The van der Waals surface area contributed by atoms with Crippen molar-refractivity contribution in [3.8, 4) is 0 Å². The van der Waals surface area contributed by atoms with Crippen LogP contribution in [0, 0.1) is 5.82 Å². The molecular weight excluding hydrogens is 351 g/mol. The van der Waals surface area contributed by atoms with Crippen LogP contribution in [-0.4, -0.2) is 57.6 Å². The van der Waals surface area contributed by atoms with Crippen LogP contribution < -0.4 is 15.9 Å². The van der Waals surface area contributed by atoms with Gasteiger partial charge in [0.1, 0.15) is 11.0 Å². The molecule has 9 heteroatoms. The van der Waals surface area contributed by atoms with E-state index in [1.165, 1.54) is 12.4 Å². The van der Waals surface area contributed by atoms with Crippen molar-refractivity contribution < 1.29 is 4.39 Å². The summed E-state index contributed by atoms with van der Waals surface area (Å²) in [7, 11) is 2.03. The van der Waals surface area contributed by atoms with E-state index in [0.717, 1.165) is 25.9 Å². The Morgan fingerprint density at radius 1 is 1.15 bits per heavy atom. The van der Waals surface area contributed by atoms with Crippen molar-refractivity contribution in [1.82, 2.24) is 24.4 Å². The summed E-state index contributed by atoms with van der Waals surface area (Å²) in [6.45, 7) is 2.99. The molecule has 3 aromatic rings. The average Bonchev–Trinajstić information content (AvgIpc) is 3.48. The Kier molecular flexibility index (Phi) is 3.55. The molecule has 0 atom stereocenters. The number of H-pyrrole nitrogens is 1. The van der Waals surface area contributed by atoms with Gasteiger partial charge >= 0.3 is 0 Å². The monoisotopic (exact) mass is 370 g/mol. The largest absolute Gasteiger partial charge is 0.352 e. The van der Waals surface area contributed by atoms with Gasteiger partial charge in [0.2, 0.25) is 5.43 Å². The molecule has 8 nitrogen and oxygen atoms in total. The fourth-order valence-corrected chi connectivity index (χ4v) is 3.75. The molecule has 1 aliphatic heterocycles. The van der Waals surface area contributed by atoms with Gasteiger partial charge in [0, 0.05) is 32.2 Å². The summed E-state index contributed by atoms with van der Waals surface area (Å²) in [4.78, 5) is 40.5. The molecule has 0 unspecified atom stereocenters. The number of nitrogens with zero attached hydrogens (tertiary/aromatic N) is 5. The molecule has 2 aliphatic rings. The summed E-state index contributed by atoms with van der Waals surface area (Å²) in [6.07, 6.45) is 3.13. The Labute approximate surface area is 153 Å². The minimum Gasteiger partial charge on any atom is -0.352 e. The third-order valence-electron chi connectivity index (χ3n) is 5.41. The predicted octanol–water partition coefficient (Wildman–Crippen LogP) is 0.859. The van der Waals surface area contributed by atoms with Gasteiger partial charge in [-0.25, -0.2) is 14.4 Å². The second-order valence-corrected chi connectivity index (χ2v) is 7.32. The van der Waals surface area contributed by atoms with Crippen molar-refractivity contribution in [2.75, 3.05) is 38.1 Å². The van der Waals surface area contributed by atoms with Gasteiger partial charge in [-0.2, -0.15) is 0 Å². The summed E-state index contributed by atoms with van der Waals surface area (Å²) < 4.78 is 16.7. The minimum absolute atomic E-state index is 0.0366. The molecule has 0 spiro atoms. The van der Waals surface area contributed by atoms with E-state index >= 15 is 0 Å². The molecule has 1 N–H and O–H groups in total. The summed E-state index contributed by atoms with van der Waals surface area (Å²) in [5.41, 5.74) is -0.307. The number of pyridine rings is 2. The van der Waals surface area contributed by atoms with E-state index in [1.54, 1.807) is 0 Å². The van der Waals surface area contributed by atoms with E-state index in [1.807, 2.05) is 16.5 Å². The molecule has 0 radical (unpaired) electrons. The zero-order valence-electron chi connectivity index (χ0n) is 14.9. The standard InChI is InChI=1S/C18H19FN6O2/c1-23-4-6-24(7-5-23)16-12(19)8-11-14(26)13-17(20-9-21-18(13)27)25(10-2-3-10)15(11)22-16/h8-10H,2-7H2,1H3,(H,20,21,27). The molecule has 1 saturated carbocycles. The third kappa shape index (κ3) is 2.53. The Bertz CT molecular complexity index is 1170. The van der Waals surface area contributed by atoms with Crippen LogP contribution in [0.15, 0.2) is 22.0 Å². The summed E-state index contributed by atoms with van der Waals surface area (Å²) in [5, 5.41) is 0.0914. The highest BCUT2D eigenvalue weighted by Crippen LogP contribution is 2.38. The normalized spacial score (nSPS) is 18.5. The molecule has 0 bridgehead atoms. The third-order valence-corrected chi connectivity index (χ3v) is 5.41. The molecule has 4 heterocycles. The fraction of sp³-hybridized carbons (Fsp3) is 0.444. The van der Waals surface area contributed by atoms with Crippen LogP contribution >= 0.6 is 0 Å². The minimum atomic E-state index is -0.536. The molecule has 140 valence electrons. The topological polar surface area (TPSA) is 87.1 Å². The Hall–Kier alpha value is -2.81. The quantitative estimate of drug-likeness (QED) is 0.674. The smallest absolute Gasteiger partial charge is 0.264 e. The summed E-state index contributed by atoms with van der Waals surface area (Å²) in [6, 6.07) is 1.35. The van der Waals surface area contributed by atoms with E-state index in [2.05, 4.69) is 19.9 Å². The second-order valence-electron chi connectivity index (χ2n) is 7.32. The summed E-state index contributed by atoms with van der Waals surface area (Å²) in [5.74, 6) is -0.278. The van der Waals surface area contributed by atoms with Crippen LogP contribution in [0.25, 0.3) is 22.1 Å². The highest BCUT2D eigenvalue weighted by molar-refractivity contribution is 5.90. The summed E-state index contributed by atoms with van der Waals surface area (Å²) >= 11 is 0. The first kappa shape index (κ1) is 16.4. The maximum Gasteiger partial charge on any atom is 0.264 e. The van der Waals surface area contributed by atoms with Crippen molar-refractivity contribution in [2.45, 2.75) is 18.9 Å². The predicted molar refractivity (Wildman–Crippen MR) is 99.9 cm³/mol. The molecular formula is C18H19FN6O2. The van der Waals surface area contributed by atoms with Crippen LogP contribution in [0.5, 0.6) is 0 Å². The van der Waals surface area contributed by atoms with Crippen molar-refractivity contribution in [3.05, 3.63) is 38.8 Å². The van der Waals surface area contributed by atoms with E-state index in [0.29, 0.717) is 24.4 Å². The number of rotatable bonds is 2. The van der Waals surface area contributed by atoms with Crippen molar-refractivity contribution in [3.63, 3.8) is 0 Å². The van der Waals surface area contributed by atoms with Gasteiger partial charge in [-0.15, -0.1) is 0 Å². The molecule has 0 amide bonds. The molecule has 3 aromatic heterocycles. The molecule has 2 fully saturated rings. The number of nitrogens with one attached hydrogen (secondary N) is 1. The van der Waals surface area contributed by atoms with Gasteiger partial charge in [0.05, 0.1) is 11.7 Å². The number of aromatic amines is 1. The average molecular weight is 370 g/mol. The lowest BCUT2D eigenvalue weighted by atomic mass is 10.2. The van der Waals surface area contributed by atoms with Gasteiger partial charge in [-0.1, -0.05) is 0 Å². The van der Waals surface area contributed by atoms with Gasteiger partial charge < -0.3 is 19.4 Å². The van der Waals surface area contributed by atoms with E-state index in [4.69, 9.17) is 0 Å². The van der Waals surface area contributed by atoms with Crippen LogP contribution in [0.2, 0.25) is 0 Å². The highest BCUT2D eigenvalue weighted by Gasteiger charge is 2.30. The first-order valence-corrected chi connectivity index (χ1v) is 9.10. The molecule has 5 rings (SSSR count). The zero-order chi connectivity index (χ0) is 18.7. The molecule has 1 aliphatic carbocycles. The van der Waals surface area contributed by atoms with Crippen LogP contribution in [0.1, 0.15) is 18.9 Å². The molecule has 27 heavy (non-hydrogen) atoms. The highest BCUT2D eigenvalue weighted by atomic mass is 19.1. The van der Waals surface area contributed by atoms with Crippen LogP contribution in [0.4, 0.5) is 10.2 Å². The zero-order valence-corrected chi connectivity index (χ0v) is 14.9. The Morgan fingerprint density at radius 2 is 1.89 bits per heavy atom. The van der Waals surface area contributed by atoms with E-state index in [9.17, 15) is 14.0 Å². The Balaban J connectivity index is 1.82. The number of fused-ring (bicyclic) bond motifs is 2. The van der Waals surface area contributed by atoms with Crippen molar-refractivity contribution in [1.29, 1.82) is 0 Å². The number of anilines is 1. The first-order valence-electron chi connectivity index (χ1n) is 9.10. The Morgan fingerprint density at radius 3 is 2.59 bits per heavy atom. The molecule has 0 aromatic carbocycles. The molecule has 1 saturated heterocycles. The number of piperazine rings is 1. The fourth-order valence-electron chi connectivity index (χ4n) is 3.75. The number of halogens is 1.